The van der Waals surface area contributed by atoms with Crippen molar-refractivity contribution in [3.05, 3.63) is 23.9 Å². The number of carbonyl (C=O) groups is 1. The van der Waals surface area contributed by atoms with Crippen LogP contribution in [0.15, 0.2) is 18.3 Å². The van der Waals surface area contributed by atoms with E-state index in [1.54, 1.807) is 0 Å². The fourth-order valence-electron chi connectivity index (χ4n) is 3.58. The van der Waals surface area contributed by atoms with Gasteiger partial charge < -0.3 is 15.3 Å². The van der Waals surface area contributed by atoms with Crippen LogP contribution < -0.4 is 10.2 Å². The molecule has 1 aliphatic carbocycles. The van der Waals surface area contributed by atoms with Gasteiger partial charge in [-0.1, -0.05) is 12.8 Å². The van der Waals surface area contributed by atoms with Crippen LogP contribution in [0.2, 0.25) is 0 Å². The van der Waals surface area contributed by atoms with E-state index in [1.807, 2.05) is 12.3 Å². The van der Waals surface area contributed by atoms with E-state index in [2.05, 4.69) is 21.3 Å². The van der Waals surface area contributed by atoms with E-state index in [9.17, 15) is 9.90 Å². The summed E-state index contributed by atoms with van der Waals surface area (Å²) in [6.45, 7) is 2.57. The summed E-state index contributed by atoms with van der Waals surface area (Å²) in [4.78, 5) is 19.0. The lowest BCUT2D eigenvalue weighted by Crippen LogP contribution is -2.44. The Morgan fingerprint density at radius 1 is 1.17 bits per heavy atom. The molecule has 0 bridgehead atoms. The Balaban J connectivity index is 1.60. The van der Waals surface area contributed by atoms with Gasteiger partial charge in [0, 0.05) is 25.8 Å². The second-order valence-electron chi connectivity index (χ2n) is 6.84. The lowest BCUT2D eigenvalue weighted by atomic mass is 10.0. The minimum Gasteiger partial charge on any atom is -0.380 e. The van der Waals surface area contributed by atoms with E-state index in [0.29, 0.717) is 19.4 Å². The number of hydrogen-bond donors (Lipinski definition) is 2. The van der Waals surface area contributed by atoms with Crippen LogP contribution in [0.5, 0.6) is 0 Å². The number of nitrogens with zero attached hydrogens (tertiary/aromatic N) is 2. The molecular weight excluding hydrogens is 290 g/mol. The summed E-state index contributed by atoms with van der Waals surface area (Å²) in [7, 11) is 0. The number of aliphatic hydroxyl groups is 1. The number of aromatic nitrogens is 1. The number of rotatable bonds is 4. The molecule has 2 fully saturated rings. The minimum atomic E-state index is -1.15. The number of nitrogens with one attached hydrogen (secondary N) is 1. The first kappa shape index (κ1) is 16.2. The summed E-state index contributed by atoms with van der Waals surface area (Å²) < 4.78 is 0. The number of hydrogen-bond acceptors (Lipinski definition) is 4. The molecule has 1 saturated carbocycles. The fraction of sp³-hybridized carbons (Fsp3) is 0.667. The Hall–Kier alpha value is -1.62. The smallest absolute Gasteiger partial charge is 0.252 e. The molecule has 23 heavy (non-hydrogen) atoms. The van der Waals surface area contributed by atoms with Crippen LogP contribution in [-0.2, 0) is 11.3 Å². The van der Waals surface area contributed by atoms with Gasteiger partial charge in [-0.05, 0) is 56.2 Å². The van der Waals surface area contributed by atoms with Crippen molar-refractivity contribution in [3.8, 4) is 0 Å². The average Bonchev–Trinajstić information content (AvgIpc) is 2.86. The molecule has 2 aliphatic rings. The maximum atomic E-state index is 12.2. The third kappa shape index (κ3) is 4.02. The first-order valence-corrected chi connectivity index (χ1v) is 8.88. The molecular formula is C18H27N3O2. The highest BCUT2D eigenvalue weighted by Crippen LogP contribution is 2.29. The zero-order valence-corrected chi connectivity index (χ0v) is 13.8. The van der Waals surface area contributed by atoms with Crippen LogP contribution in [0.1, 0.15) is 56.9 Å². The maximum Gasteiger partial charge on any atom is 0.252 e. The van der Waals surface area contributed by atoms with Gasteiger partial charge >= 0.3 is 0 Å². The van der Waals surface area contributed by atoms with Crippen molar-refractivity contribution in [2.45, 2.75) is 63.5 Å². The number of anilines is 1. The fourth-order valence-corrected chi connectivity index (χ4v) is 3.58. The monoisotopic (exact) mass is 317 g/mol. The third-order valence-corrected chi connectivity index (χ3v) is 5.05. The van der Waals surface area contributed by atoms with Gasteiger partial charge in [0.05, 0.1) is 0 Å². The molecule has 1 aromatic heterocycles. The summed E-state index contributed by atoms with van der Waals surface area (Å²) in [6, 6.07) is 3.99. The molecule has 1 aromatic rings. The predicted octanol–water partition coefficient (Wildman–Crippen LogP) is 2.38. The topological polar surface area (TPSA) is 65.5 Å². The van der Waals surface area contributed by atoms with E-state index in [-0.39, 0.29) is 5.91 Å². The molecule has 2 N–H and O–H groups in total. The van der Waals surface area contributed by atoms with Crippen molar-refractivity contribution in [2.75, 3.05) is 18.0 Å². The van der Waals surface area contributed by atoms with Gasteiger partial charge in [-0.15, -0.1) is 0 Å². The first-order chi connectivity index (χ1) is 11.2. The van der Waals surface area contributed by atoms with Gasteiger partial charge in [-0.25, -0.2) is 4.98 Å². The van der Waals surface area contributed by atoms with Crippen molar-refractivity contribution in [3.63, 3.8) is 0 Å². The summed E-state index contributed by atoms with van der Waals surface area (Å²) in [5.74, 6) is 0.765. The SMILES string of the molecule is O=C(NCc1ccnc(N2CCCCCC2)c1)C1(O)CCCC1. The van der Waals surface area contributed by atoms with Gasteiger partial charge in [-0.2, -0.15) is 0 Å². The van der Waals surface area contributed by atoms with Crippen molar-refractivity contribution in [1.82, 2.24) is 10.3 Å². The lowest BCUT2D eigenvalue weighted by Gasteiger charge is -2.23. The van der Waals surface area contributed by atoms with Crippen LogP contribution in [-0.4, -0.2) is 34.7 Å². The van der Waals surface area contributed by atoms with Crippen LogP contribution in [0.4, 0.5) is 5.82 Å². The van der Waals surface area contributed by atoms with Gasteiger partial charge in [0.1, 0.15) is 11.4 Å². The molecule has 126 valence electrons. The van der Waals surface area contributed by atoms with Crippen LogP contribution in [0, 0.1) is 0 Å². The Kier molecular flexibility index (Phi) is 5.16. The first-order valence-electron chi connectivity index (χ1n) is 8.88. The highest BCUT2D eigenvalue weighted by atomic mass is 16.3. The van der Waals surface area contributed by atoms with Crippen LogP contribution >= 0.6 is 0 Å². The Morgan fingerprint density at radius 2 is 1.87 bits per heavy atom. The maximum absolute atomic E-state index is 12.2. The van der Waals surface area contributed by atoms with E-state index in [1.165, 1.54) is 25.7 Å². The number of amides is 1. The largest absolute Gasteiger partial charge is 0.380 e. The van der Waals surface area contributed by atoms with Gasteiger partial charge in [0.15, 0.2) is 0 Å². The van der Waals surface area contributed by atoms with Crippen molar-refractivity contribution >= 4 is 11.7 Å². The minimum absolute atomic E-state index is 0.233. The van der Waals surface area contributed by atoms with Crippen LogP contribution in [0.3, 0.4) is 0 Å². The second kappa shape index (κ2) is 7.30. The van der Waals surface area contributed by atoms with Crippen molar-refractivity contribution in [2.24, 2.45) is 0 Å². The van der Waals surface area contributed by atoms with E-state index in [0.717, 1.165) is 37.3 Å². The molecule has 5 heteroatoms. The van der Waals surface area contributed by atoms with E-state index >= 15 is 0 Å². The van der Waals surface area contributed by atoms with Crippen molar-refractivity contribution in [1.29, 1.82) is 0 Å². The van der Waals surface area contributed by atoms with E-state index < -0.39 is 5.60 Å². The normalized spacial score (nSPS) is 21.0. The summed E-state index contributed by atoms with van der Waals surface area (Å²) >= 11 is 0. The van der Waals surface area contributed by atoms with Gasteiger partial charge in [-0.3, -0.25) is 4.79 Å². The summed E-state index contributed by atoms with van der Waals surface area (Å²) in [5.41, 5.74) is -0.116. The zero-order chi connectivity index (χ0) is 16.1. The quantitative estimate of drug-likeness (QED) is 0.895. The zero-order valence-electron chi connectivity index (χ0n) is 13.8. The molecule has 3 rings (SSSR count). The summed E-state index contributed by atoms with van der Waals surface area (Å²) in [5, 5.41) is 13.2. The number of pyridine rings is 1. The predicted molar refractivity (Wildman–Crippen MR) is 90.2 cm³/mol. The molecule has 5 nitrogen and oxygen atoms in total. The molecule has 0 unspecified atom stereocenters. The molecule has 0 aromatic carbocycles. The second-order valence-corrected chi connectivity index (χ2v) is 6.84. The Bertz CT molecular complexity index is 533. The average molecular weight is 317 g/mol. The molecule has 0 spiro atoms. The van der Waals surface area contributed by atoms with E-state index in [4.69, 9.17) is 0 Å². The molecule has 1 aliphatic heterocycles. The molecule has 0 atom stereocenters. The number of carbonyl (C=O) groups excluding carboxylic acids is 1. The Labute approximate surface area is 138 Å². The van der Waals surface area contributed by atoms with Gasteiger partial charge in [0.2, 0.25) is 0 Å². The van der Waals surface area contributed by atoms with Crippen LogP contribution in [0.25, 0.3) is 0 Å². The van der Waals surface area contributed by atoms with Gasteiger partial charge in [0.25, 0.3) is 5.91 Å². The summed E-state index contributed by atoms with van der Waals surface area (Å²) in [6.07, 6.45) is 9.85. The standard InChI is InChI=1S/C18H27N3O2/c22-17(18(23)8-3-4-9-18)20-14-15-7-10-19-16(13-15)21-11-5-1-2-6-12-21/h7,10,13,23H,1-6,8-9,11-12,14H2,(H,20,22). The molecule has 0 radical (unpaired) electrons. The lowest BCUT2D eigenvalue weighted by molar-refractivity contribution is -0.139. The molecule has 1 amide bonds. The third-order valence-electron chi connectivity index (χ3n) is 5.05. The molecule has 1 saturated heterocycles. The molecule has 2 heterocycles. The highest BCUT2D eigenvalue weighted by Gasteiger charge is 2.38. The van der Waals surface area contributed by atoms with Crippen molar-refractivity contribution < 1.29 is 9.90 Å². The Morgan fingerprint density at radius 3 is 2.57 bits per heavy atom. The highest BCUT2D eigenvalue weighted by molar-refractivity contribution is 5.85.